The maximum absolute atomic E-state index is 8.73. The van der Waals surface area contributed by atoms with Crippen LogP contribution < -0.4 is 9.47 Å². The molecule has 1 aromatic carbocycles. The quantitative estimate of drug-likeness (QED) is 0.754. The molecule has 0 saturated heterocycles. The van der Waals surface area contributed by atoms with Crippen LogP contribution >= 0.6 is 11.3 Å². The summed E-state index contributed by atoms with van der Waals surface area (Å²) in [6.07, 6.45) is 1.57. The van der Waals surface area contributed by atoms with Crippen LogP contribution in [0.4, 0.5) is 0 Å². The molecule has 3 rings (SSSR count). The van der Waals surface area contributed by atoms with E-state index < -0.39 is 0 Å². The van der Waals surface area contributed by atoms with Crippen molar-refractivity contribution < 1.29 is 9.47 Å². The highest BCUT2D eigenvalue weighted by molar-refractivity contribution is 7.15. The second kappa shape index (κ2) is 3.51. The summed E-state index contributed by atoms with van der Waals surface area (Å²) in [4.78, 5) is 4.79. The van der Waals surface area contributed by atoms with E-state index in [1.54, 1.807) is 6.20 Å². The highest BCUT2D eigenvalue weighted by Gasteiger charge is 2.15. The van der Waals surface area contributed by atoms with Gasteiger partial charge in [0.05, 0.1) is 6.20 Å². The normalized spacial score (nSPS) is 12.4. The van der Waals surface area contributed by atoms with Crippen molar-refractivity contribution in [2.75, 3.05) is 6.79 Å². The molecule has 0 N–H and O–H groups in total. The Morgan fingerprint density at radius 1 is 1.31 bits per heavy atom. The van der Waals surface area contributed by atoms with Gasteiger partial charge in [0.15, 0.2) is 11.5 Å². The Morgan fingerprint density at radius 3 is 3.00 bits per heavy atom. The lowest BCUT2D eigenvalue weighted by atomic mass is 10.2. The third-order valence-corrected chi connectivity index (χ3v) is 3.19. The van der Waals surface area contributed by atoms with Gasteiger partial charge >= 0.3 is 0 Å². The van der Waals surface area contributed by atoms with Gasteiger partial charge in [-0.05, 0) is 18.2 Å². The number of thiazole rings is 1. The molecule has 0 aliphatic carbocycles. The average Bonchev–Trinajstić information content (AvgIpc) is 2.96. The smallest absolute Gasteiger partial charge is 0.231 e. The summed E-state index contributed by atoms with van der Waals surface area (Å²) < 4.78 is 10.5. The first-order valence-electron chi connectivity index (χ1n) is 4.63. The van der Waals surface area contributed by atoms with Crippen LogP contribution in [0.3, 0.4) is 0 Å². The van der Waals surface area contributed by atoms with Crippen LogP contribution in [-0.2, 0) is 0 Å². The van der Waals surface area contributed by atoms with Crippen molar-refractivity contribution in [3.8, 4) is 28.1 Å². The highest BCUT2D eigenvalue weighted by Crippen LogP contribution is 2.36. The fourth-order valence-electron chi connectivity index (χ4n) is 1.49. The van der Waals surface area contributed by atoms with Gasteiger partial charge in [-0.3, -0.25) is 0 Å². The molecule has 1 aromatic heterocycles. The van der Waals surface area contributed by atoms with Gasteiger partial charge in [0.25, 0.3) is 0 Å². The second-order valence-corrected chi connectivity index (χ2v) is 4.24. The maximum atomic E-state index is 8.73. The molecular weight excluding hydrogens is 224 g/mol. The third-order valence-electron chi connectivity index (χ3n) is 2.24. The van der Waals surface area contributed by atoms with Crippen LogP contribution in [0.5, 0.6) is 11.5 Å². The SMILES string of the molecule is N#Cc1cnc(-c2ccc3c(c2)OCO3)s1. The lowest BCUT2D eigenvalue weighted by Gasteiger charge is -1.98. The first-order valence-corrected chi connectivity index (χ1v) is 5.44. The van der Waals surface area contributed by atoms with E-state index in [4.69, 9.17) is 14.7 Å². The molecule has 0 fully saturated rings. The number of rotatable bonds is 1. The molecule has 78 valence electrons. The molecule has 0 unspecified atom stereocenters. The van der Waals surface area contributed by atoms with Gasteiger partial charge in [-0.15, -0.1) is 11.3 Å². The van der Waals surface area contributed by atoms with Crippen molar-refractivity contribution in [3.05, 3.63) is 29.3 Å². The number of fused-ring (bicyclic) bond motifs is 1. The molecule has 1 aliphatic rings. The van der Waals surface area contributed by atoms with Gasteiger partial charge in [0, 0.05) is 5.56 Å². The molecule has 1 aliphatic heterocycles. The zero-order valence-corrected chi connectivity index (χ0v) is 8.95. The van der Waals surface area contributed by atoms with E-state index in [1.807, 2.05) is 18.2 Å². The summed E-state index contributed by atoms with van der Waals surface area (Å²) in [5.41, 5.74) is 0.941. The van der Waals surface area contributed by atoms with Crippen LogP contribution in [0.15, 0.2) is 24.4 Å². The summed E-state index contributed by atoms with van der Waals surface area (Å²) >= 11 is 1.36. The van der Waals surface area contributed by atoms with E-state index in [9.17, 15) is 0 Å². The highest BCUT2D eigenvalue weighted by atomic mass is 32.1. The minimum absolute atomic E-state index is 0.264. The van der Waals surface area contributed by atoms with E-state index in [1.165, 1.54) is 11.3 Å². The number of ether oxygens (including phenoxy) is 2. The lowest BCUT2D eigenvalue weighted by Crippen LogP contribution is -1.92. The minimum Gasteiger partial charge on any atom is -0.454 e. The van der Waals surface area contributed by atoms with Gasteiger partial charge < -0.3 is 9.47 Å². The minimum atomic E-state index is 0.264. The molecule has 4 nitrogen and oxygen atoms in total. The summed E-state index contributed by atoms with van der Waals surface area (Å²) in [6, 6.07) is 7.71. The van der Waals surface area contributed by atoms with Crippen LogP contribution in [0.2, 0.25) is 0 Å². The number of nitriles is 1. The monoisotopic (exact) mass is 230 g/mol. The Morgan fingerprint density at radius 2 is 2.19 bits per heavy atom. The predicted molar refractivity (Wildman–Crippen MR) is 58.4 cm³/mol. The molecule has 2 aromatic rings. The standard InChI is InChI=1S/C11H6N2O2S/c12-4-8-5-13-11(16-8)7-1-2-9-10(3-7)15-6-14-9/h1-3,5H,6H2. The molecule has 16 heavy (non-hydrogen) atoms. The molecule has 0 spiro atoms. The maximum Gasteiger partial charge on any atom is 0.231 e. The van der Waals surface area contributed by atoms with Gasteiger partial charge in [-0.25, -0.2) is 4.98 Å². The van der Waals surface area contributed by atoms with Crippen LogP contribution in [0.1, 0.15) is 4.88 Å². The molecule has 0 amide bonds. The number of aromatic nitrogens is 1. The molecule has 2 heterocycles. The van der Waals surface area contributed by atoms with Crippen LogP contribution in [0, 0.1) is 11.3 Å². The van der Waals surface area contributed by atoms with Crippen molar-refractivity contribution in [1.29, 1.82) is 5.26 Å². The Bertz CT molecular complexity index is 586. The van der Waals surface area contributed by atoms with Crippen LogP contribution in [-0.4, -0.2) is 11.8 Å². The average molecular weight is 230 g/mol. The van der Waals surface area contributed by atoms with Gasteiger partial charge in [0.1, 0.15) is 16.0 Å². The molecule has 0 saturated carbocycles. The number of hydrogen-bond acceptors (Lipinski definition) is 5. The van der Waals surface area contributed by atoms with E-state index >= 15 is 0 Å². The fourth-order valence-corrected chi connectivity index (χ4v) is 2.20. The van der Waals surface area contributed by atoms with Crippen molar-refractivity contribution >= 4 is 11.3 Å². The van der Waals surface area contributed by atoms with Crippen molar-refractivity contribution in [1.82, 2.24) is 4.98 Å². The van der Waals surface area contributed by atoms with Gasteiger partial charge in [0.2, 0.25) is 6.79 Å². The summed E-state index contributed by atoms with van der Waals surface area (Å²) in [7, 11) is 0. The lowest BCUT2D eigenvalue weighted by molar-refractivity contribution is 0.174. The largest absolute Gasteiger partial charge is 0.454 e. The number of benzene rings is 1. The number of hydrogen-bond donors (Lipinski definition) is 0. The summed E-state index contributed by atoms with van der Waals surface area (Å²) in [5, 5.41) is 9.54. The first-order chi connectivity index (χ1) is 7.86. The Kier molecular flexibility index (Phi) is 2.01. The predicted octanol–water partition coefficient (Wildman–Crippen LogP) is 2.41. The molecule has 0 radical (unpaired) electrons. The van der Waals surface area contributed by atoms with Crippen LogP contribution in [0.25, 0.3) is 10.6 Å². The zero-order valence-electron chi connectivity index (χ0n) is 8.14. The third kappa shape index (κ3) is 1.40. The molecule has 0 atom stereocenters. The summed E-state index contributed by atoms with van der Waals surface area (Å²) in [5.74, 6) is 1.48. The Labute approximate surface area is 95.7 Å². The Balaban J connectivity index is 2.04. The van der Waals surface area contributed by atoms with Crippen molar-refractivity contribution in [2.45, 2.75) is 0 Å². The van der Waals surface area contributed by atoms with Crippen molar-refractivity contribution in [2.24, 2.45) is 0 Å². The van der Waals surface area contributed by atoms with E-state index in [2.05, 4.69) is 11.1 Å². The summed E-state index contributed by atoms with van der Waals surface area (Å²) in [6.45, 7) is 0.264. The van der Waals surface area contributed by atoms with Crippen molar-refractivity contribution in [3.63, 3.8) is 0 Å². The van der Waals surface area contributed by atoms with E-state index in [-0.39, 0.29) is 6.79 Å². The Hall–Kier alpha value is -2.06. The fraction of sp³-hybridized carbons (Fsp3) is 0.0909. The number of nitrogens with zero attached hydrogens (tertiary/aromatic N) is 2. The molecular formula is C11H6N2O2S. The first kappa shape index (κ1) is 9.19. The topological polar surface area (TPSA) is 55.1 Å². The molecule has 5 heteroatoms. The van der Waals surface area contributed by atoms with Gasteiger partial charge in [-0.2, -0.15) is 5.26 Å². The van der Waals surface area contributed by atoms with E-state index in [0.717, 1.165) is 22.1 Å². The van der Waals surface area contributed by atoms with Gasteiger partial charge in [-0.1, -0.05) is 0 Å². The second-order valence-electron chi connectivity index (χ2n) is 3.21. The molecule has 0 bridgehead atoms. The zero-order chi connectivity index (χ0) is 11.0. The van der Waals surface area contributed by atoms with E-state index in [0.29, 0.717) is 4.88 Å².